The minimum atomic E-state index is -0.455. The summed E-state index contributed by atoms with van der Waals surface area (Å²) >= 11 is 0. The van der Waals surface area contributed by atoms with E-state index in [-0.39, 0.29) is 0 Å². The second-order valence-electron chi connectivity index (χ2n) is 6.38. The van der Waals surface area contributed by atoms with Crippen LogP contribution in [0.4, 0.5) is 0 Å². The molecule has 0 fully saturated rings. The van der Waals surface area contributed by atoms with Crippen LogP contribution in [0.3, 0.4) is 0 Å². The third-order valence-electron chi connectivity index (χ3n) is 4.32. The summed E-state index contributed by atoms with van der Waals surface area (Å²) in [6.07, 6.45) is 4.06. The molecule has 0 saturated carbocycles. The number of hydrogen-bond donors (Lipinski definition) is 0. The zero-order valence-electron chi connectivity index (χ0n) is 16.4. The third-order valence-corrected chi connectivity index (χ3v) is 6.48. The van der Waals surface area contributed by atoms with Gasteiger partial charge in [0.25, 0.3) is 0 Å². The van der Waals surface area contributed by atoms with Gasteiger partial charge in [0.1, 0.15) is 0 Å². The van der Waals surface area contributed by atoms with Crippen LogP contribution in [0.5, 0.6) is 0 Å². The number of rotatable bonds is 5. The van der Waals surface area contributed by atoms with Crippen molar-refractivity contribution in [1.29, 1.82) is 0 Å². The van der Waals surface area contributed by atoms with Crippen molar-refractivity contribution in [3.8, 4) is 0 Å². The molecule has 0 aliphatic heterocycles. The highest BCUT2D eigenvalue weighted by atomic mass is 31.1. The molecule has 4 aromatic rings. The van der Waals surface area contributed by atoms with Gasteiger partial charge < -0.3 is 0 Å². The smallest absolute Gasteiger partial charge is 0.0157 e. The van der Waals surface area contributed by atoms with Crippen molar-refractivity contribution in [2.24, 2.45) is 0 Å². The summed E-state index contributed by atoms with van der Waals surface area (Å²) in [4.78, 5) is 0. The normalized spacial score (nSPS) is 10.4. The van der Waals surface area contributed by atoms with E-state index in [9.17, 15) is 0 Å². The van der Waals surface area contributed by atoms with Gasteiger partial charge in [-0.2, -0.15) is 0 Å². The predicted octanol–water partition coefficient (Wildman–Crippen LogP) is 7.12. The molecule has 29 heavy (non-hydrogen) atoms. The van der Waals surface area contributed by atoms with Gasteiger partial charge in [0.15, 0.2) is 0 Å². The van der Waals surface area contributed by atoms with E-state index in [1.54, 1.807) is 0 Å². The van der Waals surface area contributed by atoms with Crippen LogP contribution in [0, 0.1) is 0 Å². The lowest BCUT2D eigenvalue weighted by atomic mass is 10.2. The highest BCUT2D eigenvalue weighted by molar-refractivity contribution is 7.75. The number of hydrogen-bond acceptors (Lipinski definition) is 0. The molecule has 0 unspecified atom stereocenters. The van der Waals surface area contributed by atoms with E-state index in [0.29, 0.717) is 0 Å². The van der Waals surface area contributed by atoms with Crippen LogP contribution < -0.4 is 10.6 Å². The molecule has 0 nitrogen and oxygen atoms in total. The van der Waals surface area contributed by atoms with Crippen molar-refractivity contribution < 1.29 is 0 Å². The first-order valence-corrected chi connectivity index (χ1v) is 11.1. The molecule has 4 rings (SSSR count). The van der Waals surface area contributed by atoms with Gasteiger partial charge in [0, 0.05) is 0 Å². The molecular formula is C28H25P. The largest absolute Gasteiger partial charge is 0.0985 e. The Balaban J connectivity index is 0.000000252. The van der Waals surface area contributed by atoms with Crippen molar-refractivity contribution in [3.63, 3.8) is 0 Å². The first-order valence-electron chi connectivity index (χ1n) is 9.67. The van der Waals surface area contributed by atoms with E-state index < -0.39 is 7.92 Å². The molecule has 4 aromatic carbocycles. The van der Waals surface area contributed by atoms with Crippen molar-refractivity contribution in [1.82, 2.24) is 0 Å². The second kappa shape index (κ2) is 11.6. The molecule has 0 spiro atoms. The number of benzene rings is 4. The van der Waals surface area contributed by atoms with Gasteiger partial charge in [-0.15, -0.1) is 0 Å². The maximum absolute atomic E-state index is 3.63. The lowest BCUT2D eigenvalue weighted by Crippen LogP contribution is -2.09. The second-order valence-corrected chi connectivity index (χ2v) is 8.45. The average molecular weight is 392 g/mol. The van der Waals surface area contributed by atoms with Crippen LogP contribution in [0.15, 0.2) is 134 Å². The topological polar surface area (TPSA) is 0 Å². The first-order chi connectivity index (χ1) is 14.4. The van der Waals surface area contributed by atoms with E-state index in [1.165, 1.54) is 21.7 Å². The third kappa shape index (κ3) is 6.71. The van der Waals surface area contributed by atoms with Crippen molar-refractivity contribution in [3.05, 3.63) is 145 Å². The monoisotopic (exact) mass is 392 g/mol. The summed E-state index contributed by atoms with van der Waals surface area (Å²) in [5.41, 5.74) is 2.42. The maximum atomic E-state index is 3.63. The molecule has 0 aliphatic rings. The highest BCUT2D eigenvalue weighted by Crippen LogP contribution is 2.35. The highest BCUT2D eigenvalue weighted by Gasteiger charge is 2.09. The molecule has 0 heterocycles. The van der Waals surface area contributed by atoms with Gasteiger partial charge in [0.05, 0.1) is 0 Å². The Morgan fingerprint density at radius 1 is 0.483 bits per heavy atom. The summed E-state index contributed by atoms with van der Waals surface area (Å²) in [5, 5.41) is 2.76. The van der Waals surface area contributed by atoms with Crippen molar-refractivity contribution in [2.45, 2.75) is 0 Å². The minimum absolute atomic E-state index is 0.455. The molecule has 0 bridgehead atoms. The van der Waals surface area contributed by atoms with Crippen molar-refractivity contribution in [2.75, 3.05) is 0 Å². The van der Waals surface area contributed by atoms with Crippen molar-refractivity contribution >= 4 is 30.7 Å². The average Bonchev–Trinajstić information content (AvgIpc) is 2.82. The van der Waals surface area contributed by atoms with Crippen LogP contribution >= 0.6 is 7.92 Å². The quantitative estimate of drug-likeness (QED) is 0.317. The Bertz CT molecular complexity index is 952. The molecule has 0 aliphatic carbocycles. The standard InChI is InChI=1S/C20H17P.C8H8/c1-4-10-18(11-5-1)16-17-21(19-12-6-2-7-13-19)20-14-8-3-9-15-20;1-2-8-6-4-3-5-7-8/h1-17H;2-7H,1H2/b17-16+;. The van der Waals surface area contributed by atoms with Gasteiger partial charge in [-0.3, -0.25) is 0 Å². The molecule has 142 valence electrons. The van der Waals surface area contributed by atoms with Crippen LogP contribution in [-0.4, -0.2) is 0 Å². The molecule has 0 amide bonds. The Hall–Kier alpha value is -3.21. The lowest BCUT2D eigenvalue weighted by Gasteiger charge is -2.14. The van der Waals surface area contributed by atoms with Crippen LogP contribution in [0.2, 0.25) is 0 Å². The maximum Gasteiger partial charge on any atom is -0.0157 e. The van der Waals surface area contributed by atoms with E-state index in [2.05, 4.69) is 109 Å². The summed E-state index contributed by atoms with van der Waals surface area (Å²) in [6.45, 7) is 3.63. The zero-order chi connectivity index (χ0) is 20.2. The fraction of sp³-hybridized carbons (Fsp3) is 0. The van der Waals surface area contributed by atoms with E-state index in [1.807, 2.05) is 36.4 Å². The molecule has 0 N–H and O–H groups in total. The van der Waals surface area contributed by atoms with Gasteiger partial charge in [-0.25, -0.2) is 0 Å². The summed E-state index contributed by atoms with van der Waals surface area (Å²) < 4.78 is 0. The first kappa shape index (κ1) is 20.5. The molecule has 0 saturated heterocycles. The fourth-order valence-electron chi connectivity index (χ4n) is 2.81. The van der Waals surface area contributed by atoms with Crippen LogP contribution in [0.25, 0.3) is 12.2 Å². The fourth-order valence-corrected chi connectivity index (χ4v) is 4.76. The summed E-state index contributed by atoms with van der Waals surface area (Å²) in [6, 6.07) is 42.0. The Kier molecular flexibility index (Phi) is 8.20. The minimum Gasteiger partial charge on any atom is -0.0985 e. The van der Waals surface area contributed by atoms with E-state index in [0.717, 1.165) is 0 Å². The van der Waals surface area contributed by atoms with Gasteiger partial charge >= 0.3 is 0 Å². The molecule has 0 atom stereocenters. The Morgan fingerprint density at radius 3 is 1.24 bits per heavy atom. The molecule has 0 radical (unpaired) electrons. The van der Waals surface area contributed by atoms with Gasteiger partial charge in [-0.05, 0) is 29.7 Å². The summed E-state index contributed by atoms with van der Waals surface area (Å²) in [7, 11) is -0.455. The van der Waals surface area contributed by atoms with E-state index in [4.69, 9.17) is 0 Å². The van der Waals surface area contributed by atoms with E-state index >= 15 is 0 Å². The summed E-state index contributed by atoms with van der Waals surface area (Å²) in [5.74, 6) is 2.34. The van der Waals surface area contributed by atoms with Gasteiger partial charge in [0.2, 0.25) is 0 Å². The SMILES string of the molecule is C(=C\P(c1ccccc1)c1ccccc1)/c1ccccc1.C=Cc1ccccc1. The van der Waals surface area contributed by atoms with Crippen LogP contribution in [0.1, 0.15) is 11.1 Å². The van der Waals surface area contributed by atoms with Gasteiger partial charge in [-0.1, -0.05) is 146 Å². The molecular weight excluding hydrogens is 367 g/mol. The van der Waals surface area contributed by atoms with Crippen LogP contribution in [-0.2, 0) is 0 Å². The zero-order valence-corrected chi connectivity index (χ0v) is 17.3. The Morgan fingerprint density at radius 2 is 0.862 bits per heavy atom. The predicted molar refractivity (Wildman–Crippen MR) is 131 cm³/mol. The lowest BCUT2D eigenvalue weighted by molar-refractivity contribution is 1.66. The Labute approximate surface area is 175 Å². The molecule has 0 aromatic heterocycles. The molecule has 1 heteroatoms.